The summed E-state index contributed by atoms with van der Waals surface area (Å²) < 4.78 is 5.31. The van der Waals surface area contributed by atoms with E-state index < -0.39 is 37.0 Å². The number of benzene rings is 2. The quantitative estimate of drug-likeness (QED) is 0.433. The smallest absolute Gasteiger partial charge is 0.407 e. The van der Waals surface area contributed by atoms with E-state index in [-0.39, 0.29) is 19.1 Å². The molecule has 3 amide bonds. The number of amides is 3. The molecular weight excluding hydrogens is 406 g/mol. The number of hydrogen-bond donors (Lipinski definition) is 4. The fourth-order valence-electron chi connectivity index (χ4n) is 3.26. The van der Waals surface area contributed by atoms with E-state index in [4.69, 9.17) is 9.84 Å². The van der Waals surface area contributed by atoms with Crippen LogP contribution >= 0.6 is 0 Å². The van der Waals surface area contributed by atoms with Crippen molar-refractivity contribution < 1.29 is 33.9 Å². The largest absolute Gasteiger partial charge is 0.479 e. The number of aliphatic carboxylic acids is 1. The number of carboxylic acid groups (broad SMARTS) is 1. The molecule has 0 unspecified atom stereocenters. The van der Waals surface area contributed by atoms with Crippen molar-refractivity contribution in [2.24, 2.45) is 0 Å². The Bertz CT molecular complexity index is 947. The zero-order chi connectivity index (χ0) is 22.2. The Hall–Kier alpha value is -3.92. The second-order valence-corrected chi connectivity index (χ2v) is 6.66. The summed E-state index contributed by atoms with van der Waals surface area (Å²) in [6.07, 6.45) is -0.758. The van der Waals surface area contributed by atoms with Gasteiger partial charge in [0.15, 0.2) is 6.61 Å². The molecule has 2 aromatic carbocycles. The zero-order valence-electron chi connectivity index (χ0n) is 16.4. The lowest BCUT2D eigenvalue weighted by atomic mass is 9.98. The van der Waals surface area contributed by atoms with Crippen molar-refractivity contribution in [3.05, 3.63) is 59.7 Å². The molecule has 1 aliphatic carbocycles. The molecule has 0 saturated heterocycles. The zero-order valence-corrected chi connectivity index (χ0v) is 16.4. The van der Waals surface area contributed by atoms with E-state index in [9.17, 15) is 19.2 Å². The Kier molecular flexibility index (Phi) is 7.17. The Morgan fingerprint density at radius 1 is 0.839 bits per heavy atom. The lowest BCUT2D eigenvalue weighted by Gasteiger charge is -2.14. The number of hydroxylamine groups is 1. The van der Waals surface area contributed by atoms with Gasteiger partial charge in [0.05, 0.1) is 6.54 Å². The van der Waals surface area contributed by atoms with Gasteiger partial charge in [0, 0.05) is 5.92 Å². The van der Waals surface area contributed by atoms with Crippen molar-refractivity contribution >= 4 is 23.9 Å². The minimum Gasteiger partial charge on any atom is -0.479 e. The molecule has 0 atom stereocenters. The molecule has 0 spiro atoms. The number of carboxylic acids is 1. The van der Waals surface area contributed by atoms with Crippen LogP contribution in [0, 0.1) is 0 Å². The number of rotatable bonds is 9. The van der Waals surface area contributed by atoms with E-state index in [1.807, 2.05) is 54.0 Å². The first-order valence-electron chi connectivity index (χ1n) is 9.43. The van der Waals surface area contributed by atoms with Crippen molar-refractivity contribution in [3.63, 3.8) is 0 Å². The average molecular weight is 427 g/mol. The molecule has 0 aliphatic heterocycles. The number of alkyl carbamates (subject to hydrolysis) is 1. The van der Waals surface area contributed by atoms with Gasteiger partial charge >= 0.3 is 12.1 Å². The lowest BCUT2D eigenvalue weighted by Crippen LogP contribution is -2.42. The molecule has 162 valence electrons. The summed E-state index contributed by atoms with van der Waals surface area (Å²) in [7, 11) is 0. The Morgan fingerprint density at radius 3 is 2.03 bits per heavy atom. The Morgan fingerprint density at radius 2 is 1.42 bits per heavy atom. The van der Waals surface area contributed by atoms with E-state index in [0.29, 0.717) is 0 Å². The monoisotopic (exact) mass is 427 g/mol. The van der Waals surface area contributed by atoms with Crippen LogP contribution in [-0.2, 0) is 24.0 Å². The minimum absolute atomic E-state index is 0.0959. The second kappa shape index (κ2) is 10.2. The SMILES string of the molecule is O=C(O)CONC(=O)CNC(=O)CNC(=O)OCC1c2ccccc2-c2ccccc21. The maximum Gasteiger partial charge on any atom is 0.407 e. The van der Waals surface area contributed by atoms with Gasteiger partial charge in [0.1, 0.15) is 13.2 Å². The predicted molar refractivity (Wildman–Crippen MR) is 108 cm³/mol. The first-order valence-corrected chi connectivity index (χ1v) is 9.43. The molecule has 0 aromatic heterocycles. The molecule has 0 fully saturated rings. The van der Waals surface area contributed by atoms with Crippen molar-refractivity contribution in [1.29, 1.82) is 0 Å². The number of carbonyl (C=O) groups excluding carboxylic acids is 3. The molecule has 1 aliphatic rings. The van der Waals surface area contributed by atoms with Crippen LogP contribution in [0.15, 0.2) is 48.5 Å². The minimum atomic E-state index is -1.25. The van der Waals surface area contributed by atoms with Crippen LogP contribution in [0.25, 0.3) is 11.1 Å². The van der Waals surface area contributed by atoms with E-state index in [2.05, 4.69) is 15.5 Å². The maximum absolute atomic E-state index is 12.0. The van der Waals surface area contributed by atoms with Crippen molar-refractivity contribution in [3.8, 4) is 11.1 Å². The molecule has 3 rings (SSSR count). The van der Waals surface area contributed by atoms with Gasteiger partial charge < -0.3 is 20.5 Å². The molecule has 10 heteroatoms. The Labute approximate surface area is 177 Å². The normalized spacial score (nSPS) is 11.7. The molecule has 10 nitrogen and oxygen atoms in total. The van der Waals surface area contributed by atoms with E-state index >= 15 is 0 Å². The van der Waals surface area contributed by atoms with Crippen LogP contribution < -0.4 is 16.1 Å². The standard InChI is InChI=1S/C21H21N3O7/c25-18(22-10-19(26)24-31-12-20(27)28)9-23-21(29)30-11-17-15-7-3-1-5-13(15)14-6-2-4-8-16(14)17/h1-8,17H,9-12H2,(H,22,25)(H,23,29)(H,24,26)(H,27,28). The highest BCUT2D eigenvalue weighted by Crippen LogP contribution is 2.44. The molecule has 0 bridgehead atoms. The summed E-state index contributed by atoms with van der Waals surface area (Å²) in [6, 6.07) is 15.9. The third-order valence-corrected chi connectivity index (χ3v) is 4.56. The fraction of sp³-hybridized carbons (Fsp3) is 0.238. The molecule has 31 heavy (non-hydrogen) atoms. The average Bonchev–Trinajstić information content (AvgIpc) is 3.08. The van der Waals surface area contributed by atoms with E-state index in [1.165, 1.54) is 0 Å². The van der Waals surface area contributed by atoms with Gasteiger partial charge in [-0.3, -0.25) is 14.4 Å². The third kappa shape index (κ3) is 5.80. The van der Waals surface area contributed by atoms with Crippen LogP contribution in [0.1, 0.15) is 17.0 Å². The summed E-state index contributed by atoms with van der Waals surface area (Å²) in [5, 5.41) is 13.0. The van der Waals surface area contributed by atoms with Gasteiger partial charge in [-0.2, -0.15) is 0 Å². The molecule has 0 heterocycles. The number of fused-ring (bicyclic) bond motifs is 3. The highest BCUT2D eigenvalue weighted by molar-refractivity contribution is 5.87. The lowest BCUT2D eigenvalue weighted by molar-refractivity contribution is -0.149. The highest BCUT2D eigenvalue weighted by Gasteiger charge is 2.29. The maximum atomic E-state index is 12.0. The van der Waals surface area contributed by atoms with Crippen LogP contribution in [0.3, 0.4) is 0 Å². The number of nitrogens with one attached hydrogen (secondary N) is 3. The van der Waals surface area contributed by atoms with Gasteiger partial charge in [-0.1, -0.05) is 48.5 Å². The highest BCUT2D eigenvalue weighted by atomic mass is 16.7. The second-order valence-electron chi connectivity index (χ2n) is 6.66. The summed E-state index contributed by atoms with van der Waals surface area (Å²) in [4.78, 5) is 49.7. The first kappa shape index (κ1) is 21.8. The molecule has 2 aromatic rings. The topological polar surface area (TPSA) is 143 Å². The molecule has 0 saturated carbocycles. The number of carbonyl (C=O) groups is 4. The number of hydrogen-bond acceptors (Lipinski definition) is 6. The van der Waals surface area contributed by atoms with Crippen molar-refractivity contribution in [1.82, 2.24) is 16.1 Å². The Balaban J connectivity index is 1.41. The van der Waals surface area contributed by atoms with Crippen LogP contribution in [-0.4, -0.2) is 55.3 Å². The van der Waals surface area contributed by atoms with Gasteiger partial charge in [-0.15, -0.1) is 0 Å². The van der Waals surface area contributed by atoms with Gasteiger partial charge in [-0.25, -0.2) is 15.1 Å². The van der Waals surface area contributed by atoms with Crippen molar-refractivity contribution in [2.75, 3.05) is 26.3 Å². The van der Waals surface area contributed by atoms with Crippen LogP contribution in [0.2, 0.25) is 0 Å². The number of ether oxygens (including phenoxy) is 1. The van der Waals surface area contributed by atoms with Gasteiger partial charge in [-0.05, 0) is 22.3 Å². The molecule has 4 N–H and O–H groups in total. The first-order chi connectivity index (χ1) is 15.0. The molecule has 0 radical (unpaired) electrons. The summed E-state index contributed by atoms with van der Waals surface area (Å²) >= 11 is 0. The predicted octanol–water partition coefficient (Wildman–Crippen LogP) is 0.774. The summed E-state index contributed by atoms with van der Waals surface area (Å²) in [5.74, 6) is -2.71. The van der Waals surface area contributed by atoms with E-state index in [0.717, 1.165) is 22.3 Å². The van der Waals surface area contributed by atoms with Crippen LogP contribution in [0.5, 0.6) is 0 Å². The van der Waals surface area contributed by atoms with Gasteiger partial charge in [0.25, 0.3) is 5.91 Å². The summed E-state index contributed by atoms with van der Waals surface area (Å²) in [5.41, 5.74) is 6.22. The summed E-state index contributed by atoms with van der Waals surface area (Å²) in [6.45, 7) is -1.42. The van der Waals surface area contributed by atoms with E-state index in [1.54, 1.807) is 0 Å². The fourth-order valence-corrected chi connectivity index (χ4v) is 3.26. The van der Waals surface area contributed by atoms with Crippen LogP contribution in [0.4, 0.5) is 4.79 Å². The van der Waals surface area contributed by atoms with Crippen molar-refractivity contribution in [2.45, 2.75) is 5.92 Å². The van der Waals surface area contributed by atoms with Gasteiger partial charge in [0.2, 0.25) is 5.91 Å². The third-order valence-electron chi connectivity index (χ3n) is 4.56. The molecular formula is C21H21N3O7.